The third kappa shape index (κ3) is 9.98. The predicted octanol–water partition coefficient (Wildman–Crippen LogP) is 5.05. The van der Waals surface area contributed by atoms with Gasteiger partial charge in [-0.2, -0.15) is 0 Å². The van der Waals surface area contributed by atoms with Gasteiger partial charge in [0.15, 0.2) is 0 Å². The third-order valence-corrected chi connectivity index (χ3v) is 7.85. The van der Waals surface area contributed by atoms with Crippen molar-refractivity contribution in [3.05, 3.63) is 34.8 Å². The van der Waals surface area contributed by atoms with Gasteiger partial charge in [0.05, 0.1) is 12.7 Å². The van der Waals surface area contributed by atoms with Crippen LogP contribution in [0.4, 0.5) is 5.82 Å². The summed E-state index contributed by atoms with van der Waals surface area (Å²) in [6.45, 7) is 15.6. The molecule has 2 heterocycles. The molecule has 0 radical (unpaired) electrons. The lowest BCUT2D eigenvalue weighted by molar-refractivity contribution is -0.139. The molecular formula is C31H53N5O3. The van der Waals surface area contributed by atoms with Gasteiger partial charge in [-0.3, -0.25) is 0 Å². The monoisotopic (exact) mass is 543 g/mol. The Kier molecular flexibility index (Phi) is 12.9. The Morgan fingerprint density at radius 1 is 1.10 bits per heavy atom. The fourth-order valence-electron chi connectivity index (χ4n) is 5.40. The number of carboxylic acids is 1. The maximum absolute atomic E-state index is 12.3. The van der Waals surface area contributed by atoms with E-state index in [1.165, 1.54) is 24.0 Å². The number of carboxylic acid groups (broad SMARTS) is 1. The average molecular weight is 544 g/mol. The highest BCUT2D eigenvalue weighted by atomic mass is 16.5. The first-order valence-electron chi connectivity index (χ1n) is 15.3. The van der Waals surface area contributed by atoms with E-state index in [4.69, 9.17) is 9.72 Å². The number of aliphatic carboxylic acids is 1. The molecule has 2 aliphatic rings. The van der Waals surface area contributed by atoms with Crippen molar-refractivity contribution in [2.75, 3.05) is 44.6 Å². The summed E-state index contributed by atoms with van der Waals surface area (Å²) in [5, 5.41) is 17.0. The number of fused-ring (bicyclic) bond motifs is 1. The van der Waals surface area contributed by atoms with Gasteiger partial charge < -0.3 is 30.3 Å². The molecule has 1 aromatic heterocycles. The number of anilines is 1. The van der Waals surface area contributed by atoms with Gasteiger partial charge in [0, 0.05) is 37.9 Å². The van der Waals surface area contributed by atoms with Crippen LogP contribution in [0.2, 0.25) is 0 Å². The SMILES string of the molecule is CCN(C(NC(CCN(CCCCc1ccc2c(n1)NCCC2)CCOC(C)C)C(=O)O)=C1CCC1)C(C)C. The highest BCUT2D eigenvalue weighted by Gasteiger charge is 2.26. The first-order valence-corrected chi connectivity index (χ1v) is 15.3. The Balaban J connectivity index is 1.55. The van der Waals surface area contributed by atoms with Crippen molar-refractivity contribution in [1.82, 2.24) is 20.1 Å². The quantitative estimate of drug-likeness (QED) is 0.222. The number of nitrogens with zero attached hydrogens (tertiary/aromatic N) is 3. The van der Waals surface area contributed by atoms with E-state index in [0.29, 0.717) is 19.1 Å². The van der Waals surface area contributed by atoms with Crippen LogP contribution in [0.15, 0.2) is 23.5 Å². The van der Waals surface area contributed by atoms with Crippen LogP contribution >= 0.6 is 0 Å². The average Bonchev–Trinajstić information content (AvgIpc) is 2.86. The van der Waals surface area contributed by atoms with Crippen LogP contribution in [-0.4, -0.2) is 83.4 Å². The molecule has 0 bridgehead atoms. The van der Waals surface area contributed by atoms with Crippen LogP contribution in [0.5, 0.6) is 0 Å². The lowest BCUT2D eigenvalue weighted by Crippen LogP contribution is -2.47. The van der Waals surface area contributed by atoms with Crippen LogP contribution in [0.25, 0.3) is 0 Å². The van der Waals surface area contributed by atoms with E-state index in [0.717, 1.165) is 88.6 Å². The molecule has 1 fully saturated rings. The molecule has 8 heteroatoms. The van der Waals surface area contributed by atoms with Gasteiger partial charge in [-0.15, -0.1) is 0 Å². The fraction of sp³-hybridized carbons (Fsp3) is 0.742. The zero-order valence-corrected chi connectivity index (χ0v) is 25.1. The molecule has 3 N–H and O–H groups in total. The summed E-state index contributed by atoms with van der Waals surface area (Å²) in [7, 11) is 0. The maximum atomic E-state index is 12.3. The van der Waals surface area contributed by atoms with Crippen molar-refractivity contribution in [2.24, 2.45) is 0 Å². The Morgan fingerprint density at radius 2 is 1.90 bits per heavy atom. The van der Waals surface area contributed by atoms with E-state index < -0.39 is 12.0 Å². The lowest BCUT2D eigenvalue weighted by atomic mass is 9.91. The van der Waals surface area contributed by atoms with Crippen molar-refractivity contribution < 1.29 is 14.6 Å². The summed E-state index contributed by atoms with van der Waals surface area (Å²) < 4.78 is 5.84. The molecule has 1 aromatic rings. The number of rotatable bonds is 18. The highest BCUT2D eigenvalue weighted by Crippen LogP contribution is 2.30. The summed E-state index contributed by atoms with van der Waals surface area (Å²) in [6, 6.07) is 4.12. The Bertz CT molecular complexity index is 927. The highest BCUT2D eigenvalue weighted by molar-refractivity contribution is 5.73. The van der Waals surface area contributed by atoms with Gasteiger partial charge in [0.1, 0.15) is 17.7 Å². The molecule has 1 aliphatic carbocycles. The summed E-state index contributed by atoms with van der Waals surface area (Å²) >= 11 is 0. The van der Waals surface area contributed by atoms with Gasteiger partial charge in [0.25, 0.3) is 0 Å². The zero-order valence-electron chi connectivity index (χ0n) is 25.1. The van der Waals surface area contributed by atoms with E-state index in [-0.39, 0.29) is 6.10 Å². The molecule has 0 aromatic carbocycles. The van der Waals surface area contributed by atoms with Gasteiger partial charge in [-0.05, 0) is 116 Å². The van der Waals surface area contributed by atoms with E-state index in [1.54, 1.807) is 0 Å². The van der Waals surface area contributed by atoms with Crippen LogP contribution < -0.4 is 10.6 Å². The molecule has 1 saturated carbocycles. The molecule has 8 nitrogen and oxygen atoms in total. The van der Waals surface area contributed by atoms with Crippen molar-refractivity contribution in [3.8, 4) is 0 Å². The number of pyridine rings is 1. The fourth-order valence-corrected chi connectivity index (χ4v) is 5.40. The molecule has 1 atom stereocenters. The Hall–Kier alpha value is -2.32. The maximum Gasteiger partial charge on any atom is 0.326 e. The second-order valence-corrected chi connectivity index (χ2v) is 11.6. The number of aromatic nitrogens is 1. The van der Waals surface area contributed by atoms with E-state index in [1.807, 2.05) is 0 Å². The van der Waals surface area contributed by atoms with E-state index in [2.05, 4.69) is 67.2 Å². The van der Waals surface area contributed by atoms with Gasteiger partial charge in [0.2, 0.25) is 0 Å². The summed E-state index contributed by atoms with van der Waals surface area (Å²) in [5.41, 5.74) is 3.84. The minimum atomic E-state index is -0.780. The number of carbonyl (C=O) groups is 1. The largest absolute Gasteiger partial charge is 0.480 e. The lowest BCUT2D eigenvalue weighted by Gasteiger charge is -2.37. The summed E-state index contributed by atoms with van der Waals surface area (Å²) in [4.78, 5) is 21.8. The van der Waals surface area contributed by atoms with Crippen molar-refractivity contribution in [1.29, 1.82) is 0 Å². The molecule has 39 heavy (non-hydrogen) atoms. The van der Waals surface area contributed by atoms with Gasteiger partial charge >= 0.3 is 5.97 Å². The molecule has 0 saturated heterocycles. The molecule has 0 spiro atoms. The van der Waals surface area contributed by atoms with Crippen LogP contribution in [0.1, 0.15) is 90.8 Å². The molecule has 220 valence electrons. The van der Waals surface area contributed by atoms with E-state index in [9.17, 15) is 9.90 Å². The van der Waals surface area contributed by atoms with Crippen molar-refractivity contribution >= 4 is 11.8 Å². The first kappa shape index (κ1) is 31.2. The number of unbranched alkanes of at least 4 members (excludes halogenated alkanes) is 1. The molecule has 0 amide bonds. The van der Waals surface area contributed by atoms with Crippen molar-refractivity contribution in [2.45, 2.75) is 111 Å². The standard InChI is InChI=1S/C31H53N5O3/c1-6-36(23(2)3)30(26-11-9-12-26)34-28(31(37)38)17-20-35(21-22-39-24(4)5)19-8-7-14-27-16-15-25-13-10-18-32-29(25)33-27/h15-16,23-24,28,34H,6-14,17-22H2,1-5H3,(H,32,33)(H,37,38). The number of allylic oxidation sites excluding steroid dienone is 1. The van der Waals surface area contributed by atoms with Gasteiger partial charge in [-0.1, -0.05) is 6.07 Å². The zero-order chi connectivity index (χ0) is 28.2. The predicted molar refractivity (Wildman–Crippen MR) is 159 cm³/mol. The molecule has 3 rings (SSSR count). The molecule has 1 aliphatic heterocycles. The second kappa shape index (κ2) is 16.1. The number of ether oxygens (including phenoxy) is 1. The van der Waals surface area contributed by atoms with Crippen molar-refractivity contribution in [3.63, 3.8) is 0 Å². The first-order chi connectivity index (χ1) is 18.8. The van der Waals surface area contributed by atoms with Gasteiger partial charge in [-0.25, -0.2) is 9.78 Å². The minimum absolute atomic E-state index is 0.191. The number of hydrogen-bond donors (Lipinski definition) is 3. The normalized spacial score (nSPS) is 15.6. The van der Waals surface area contributed by atoms with Crippen LogP contribution in [0, 0.1) is 0 Å². The summed E-state index contributed by atoms with van der Waals surface area (Å²) in [5.74, 6) is 1.33. The van der Waals surface area contributed by atoms with E-state index >= 15 is 0 Å². The van der Waals surface area contributed by atoms with Crippen LogP contribution in [0.3, 0.4) is 0 Å². The minimum Gasteiger partial charge on any atom is -0.480 e. The summed E-state index contributed by atoms with van der Waals surface area (Å²) in [6.07, 6.45) is 9.42. The van der Waals surface area contributed by atoms with Crippen LogP contribution in [-0.2, 0) is 22.4 Å². The second-order valence-electron chi connectivity index (χ2n) is 11.6. The third-order valence-electron chi connectivity index (χ3n) is 7.85. The number of nitrogens with one attached hydrogen (secondary N) is 2. The Morgan fingerprint density at radius 3 is 2.54 bits per heavy atom. The molecular weight excluding hydrogens is 490 g/mol. The molecule has 1 unspecified atom stereocenters. The topological polar surface area (TPSA) is 90.0 Å². The smallest absolute Gasteiger partial charge is 0.326 e. The number of hydrogen-bond acceptors (Lipinski definition) is 7. The number of aryl methyl sites for hydroxylation is 2. The Labute approximate surface area is 236 Å².